The second-order valence-corrected chi connectivity index (χ2v) is 5.07. The van der Waals surface area contributed by atoms with Gasteiger partial charge < -0.3 is 10.8 Å². The molecule has 2 atom stereocenters. The molecule has 18 heavy (non-hydrogen) atoms. The van der Waals surface area contributed by atoms with Gasteiger partial charge in [-0.05, 0) is 42.9 Å². The summed E-state index contributed by atoms with van der Waals surface area (Å²) in [7, 11) is 0. The first kappa shape index (κ1) is 17.4. The lowest BCUT2D eigenvalue weighted by atomic mass is 9.95. The Labute approximate surface area is 115 Å². The van der Waals surface area contributed by atoms with Crippen molar-refractivity contribution in [2.45, 2.75) is 45.8 Å². The van der Waals surface area contributed by atoms with Crippen molar-refractivity contribution in [2.24, 2.45) is 11.7 Å². The molecular weight excluding hydrogens is 253 g/mol. The summed E-state index contributed by atoms with van der Waals surface area (Å²) in [6.07, 6.45) is 1.05. The molecule has 104 valence electrons. The maximum absolute atomic E-state index is 13.1. The monoisotopic (exact) mass is 275 g/mol. The van der Waals surface area contributed by atoms with Gasteiger partial charge in [0, 0.05) is 0 Å². The van der Waals surface area contributed by atoms with Crippen LogP contribution < -0.4 is 5.73 Å². The number of rotatable bonds is 5. The van der Waals surface area contributed by atoms with Crippen molar-refractivity contribution in [3.05, 3.63) is 35.1 Å². The highest BCUT2D eigenvalue weighted by Crippen LogP contribution is 2.21. The van der Waals surface area contributed by atoms with Crippen LogP contribution >= 0.6 is 12.4 Å². The molecule has 0 saturated carbocycles. The van der Waals surface area contributed by atoms with Crippen LogP contribution in [0.5, 0.6) is 0 Å². The largest absolute Gasteiger partial charge is 0.391 e. The van der Waals surface area contributed by atoms with E-state index in [4.69, 9.17) is 5.73 Å². The molecule has 0 fully saturated rings. The quantitative estimate of drug-likeness (QED) is 0.866. The van der Waals surface area contributed by atoms with Crippen LogP contribution in [0.2, 0.25) is 0 Å². The van der Waals surface area contributed by atoms with Gasteiger partial charge in [0.15, 0.2) is 0 Å². The summed E-state index contributed by atoms with van der Waals surface area (Å²) in [6.45, 7) is 5.92. The third kappa shape index (κ3) is 4.92. The fourth-order valence-electron chi connectivity index (χ4n) is 1.78. The van der Waals surface area contributed by atoms with E-state index in [9.17, 15) is 9.50 Å². The number of hydrogen-bond donors (Lipinski definition) is 2. The fourth-order valence-corrected chi connectivity index (χ4v) is 1.78. The molecule has 0 saturated heterocycles. The van der Waals surface area contributed by atoms with E-state index >= 15 is 0 Å². The van der Waals surface area contributed by atoms with Gasteiger partial charge in [-0.2, -0.15) is 0 Å². The molecule has 0 aliphatic heterocycles. The topological polar surface area (TPSA) is 46.2 Å². The average molecular weight is 276 g/mol. The van der Waals surface area contributed by atoms with E-state index < -0.39 is 12.1 Å². The summed E-state index contributed by atoms with van der Waals surface area (Å²) in [5.41, 5.74) is 7.33. The summed E-state index contributed by atoms with van der Waals surface area (Å²) in [5, 5.41) is 9.96. The summed E-state index contributed by atoms with van der Waals surface area (Å²) >= 11 is 0. The van der Waals surface area contributed by atoms with Gasteiger partial charge in [0.1, 0.15) is 5.82 Å². The third-order valence-electron chi connectivity index (χ3n) is 3.02. The van der Waals surface area contributed by atoms with E-state index in [2.05, 4.69) is 13.8 Å². The molecule has 2 nitrogen and oxygen atoms in total. The molecule has 0 aromatic heterocycles. The molecule has 0 unspecified atom stereocenters. The van der Waals surface area contributed by atoms with Crippen molar-refractivity contribution in [3.8, 4) is 0 Å². The van der Waals surface area contributed by atoms with Gasteiger partial charge in [-0.1, -0.05) is 26.0 Å². The first-order chi connectivity index (χ1) is 7.91. The molecule has 1 rings (SSSR count). The van der Waals surface area contributed by atoms with E-state index in [0.29, 0.717) is 17.9 Å². The minimum absolute atomic E-state index is 0. The van der Waals surface area contributed by atoms with Crippen LogP contribution in [0.25, 0.3) is 0 Å². The molecule has 0 heterocycles. The number of aliphatic hydroxyl groups is 1. The number of aryl methyl sites for hydroxylation is 1. The van der Waals surface area contributed by atoms with Gasteiger partial charge in [-0.15, -0.1) is 12.4 Å². The normalized spacial score (nSPS) is 14.2. The SMILES string of the molecule is Cc1cc([C@H](N)[C@H](O)CCC(C)C)ccc1F.Cl. The minimum atomic E-state index is -0.567. The maximum Gasteiger partial charge on any atom is 0.126 e. The second-order valence-electron chi connectivity index (χ2n) is 5.07. The molecule has 1 aromatic rings. The van der Waals surface area contributed by atoms with E-state index in [0.717, 1.165) is 12.0 Å². The van der Waals surface area contributed by atoms with Gasteiger partial charge >= 0.3 is 0 Å². The maximum atomic E-state index is 13.1. The molecular formula is C14H23ClFNO. The molecule has 0 aliphatic rings. The molecule has 1 aromatic carbocycles. The van der Waals surface area contributed by atoms with E-state index in [1.165, 1.54) is 6.07 Å². The number of benzene rings is 1. The molecule has 3 N–H and O–H groups in total. The minimum Gasteiger partial charge on any atom is -0.391 e. The average Bonchev–Trinajstić information content (AvgIpc) is 2.28. The zero-order valence-corrected chi connectivity index (χ0v) is 12.0. The summed E-state index contributed by atoms with van der Waals surface area (Å²) < 4.78 is 13.1. The number of aliphatic hydroxyl groups excluding tert-OH is 1. The van der Waals surface area contributed by atoms with Crippen LogP contribution in [-0.2, 0) is 0 Å². The van der Waals surface area contributed by atoms with Gasteiger partial charge in [-0.25, -0.2) is 4.39 Å². The Kier molecular flexibility index (Phi) is 7.45. The van der Waals surface area contributed by atoms with Crippen LogP contribution in [0.3, 0.4) is 0 Å². The zero-order chi connectivity index (χ0) is 13.0. The van der Waals surface area contributed by atoms with Crippen LogP contribution in [0.4, 0.5) is 4.39 Å². The summed E-state index contributed by atoms with van der Waals surface area (Å²) in [4.78, 5) is 0. The van der Waals surface area contributed by atoms with E-state index in [1.54, 1.807) is 19.1 Å². The lowest BCUT2D eigenvalue weighted by Gasteiger charge is -2.20. The van der Waals surface area contributed by atoms with Crippen molar-refractivity contribution < 1.29 is 9.50 Å². The Morgan fingerprint density at radius 3 is 2.39 bits per heavy atom. The molecule has 0 radical (unpaired) electrons. The van der Waals surface area contributed by atoms with Crippen LogP contribution in [-0.4, -0.2) is 11.2 Å². The lowest BCUT2D eigenvalue weighted by Crippen LogP contribution is -2.26. The number of hydrogen-bond acceptors (Lipinski definition) is 2. The highest BCUT2D eigenvalue weighted by molar-refractivity contribution is 5.85. The second kappa shape index (κ2) is 7.72. The van der Waals surface area contributed by atoms with Crippen molar-refractivity contribution in [1.82, 2.24) is 0 Å². The van der Waals surface area contributed by atoms with Crippen molar-refractivity contribution in [2.75, 3.05) is 0 Å². The Bertz CT molecular complexity index is 371. The Morgan fingerprint density at radius 1 is 1.28 bits per heavy atom. The summed E-state index contributed by atoms with van der Waals surface area (Å²) in [5.74, 6) is 0.310. The van der Waals surface area contributed by atoms with Gasteiger partial charge in [0.25, 0.3) is 0 Å². The van der Waals surface area contributed by atoms with Crippen molar-refractivity contribution in [1.29, 1.82) is 0 Å². The van der Waals surface area contributed by atoms with Gasteiger partial charge in [0.2, 0.25) is 0 Å². The van der Waals surface area contributed by atoms with Gasteiger partial charge in [0.05, 0.1) is 12.1 Å². The standard InChI is InChI=1S/C14H22FNO.ClH/c1-9(2)4-7-13(17)14(16)11-5-6-12(15)10(3)8-11;/h5-6,8-9,13-14,17H,4,7,16H2,1-3H3;1H/t13-,14+;/m1./s1. The summed E-state index contributed by atoms with van der Waals surface area (Å²) in [6, 6.07) is 4.32. The molecule has 4 heteroatoms. The Hall–Kier alpha value is -0.640. The van der Waals surface area contributed by atoms with Crippen LogP contribution in [0.1, 0.15) is 43.9 Å². The van der Waals surface area contributed by atoms with Gasteiger partial charge in [-0.3, -0.25) is 0 Å². The lowest BCUT2D eigenvalue weighted by molar-refractivity contribution is 0.128. The van der Waals surface area contributed by atoms with Crippen molar-refractivity contribution >= 4 is 12.4 Å². The smallest absolute Gasteiger partial charge is 0.126 e. The first-order valence-electron chi connectivity index (χ1n) is 6.11. The molecule has 0 bridgehead atoms. The van der Waals surface area contributed by atoms with Crippen LogP contribution in [0.15, 0.2) is 18.2 Å². The predicted molar refractivity (Wildman–Crippen MR) is 75.4 cm³/mol. The Morgan fingerprint density at radius 2 is 1.89 bits per heavy atom. The van der Waals surface area contributed by atoms with E-state index in [1.807, 2.05) is 0 Å². The fraction of sp³-hybridized carbons (Fsp3) is 0.571. The predicted octanol–water partition coefficient (Wildman–Crippen LogP) is 3.35. The third-order valence-corrected chi connectivity index (χ3v) is 3.02. The zero-order valence-electron chi connectivity index (χ0n) is 11.2. The molecule has 0 aliphatic carbocycles. The number of nitrogens with two attached hydrogens (primary N) is 1. The highest BCUT2D eigenvalue weighted by atomic mass is 35.5. The molecule has 0 spiro atoms. The van der Waals surface area contributed by atoms with Crippen LogP contribution in [0, 0.1) is 18.7 Å². The molecule has 0 amide bonds. The number of halogens is 2. The van der Waals surface area contributed by atoms with Crippen molar-refractivity contribution in [3.63, 3.8) is 0 Å². The highest BCUT2D eigenvalue weighted by Gasteiger charge is 2.17. The Balaban J connectivity index is 0.00000289. The first-order valence-corrected chi connectivity index (χ1v) is 6.11. The van der Waals surface area contributed by atoms with E-state index in [-0.39, 0.29) is 18.2 Å².